The van der Waals surface area contributed by atoms with E-state index in [1.165, 1.54) is 0 Å². The zero-order valence-corrected chi connectivity index (χ0v) is 15.1. The Hall–Kier alpha value is 0.380. The summed E-state index contributed by atoms with van der Waals surface area (Å²) in [5, 5.41) is 11.1. The average molecular weight is 502 g/mol. The summed E-state index contributed by atoms with van der Waals surface area (Å²) in [6, 6.07) is 11.3. The van der Waals surface area contributed by atoms with Gasteiger partial charge in [0.1, 0.15) is 6.10 Å². The fourth-order valence-corrected chi connectivity index (χ4v) is 2.95. The molecule has 1 nitrogen and oxygen atoms in total. The van der Waals surface area contributed by atoms with E-state index in [9.17, 15) is 5.11 Å². The first-order valence-electron chi connectivity index (χ1n) is 5.07. The molecule has 0 radical (unpaired) electrons. The number of hydrogen-bond acceptors (Lipinski definition) is 1. The van der Waals surface area contributed by atoms with E-state index in [2.05, 4.69) is 54.5 Å². The van der Waals surface area contributed by atoms with Crippen LogP contribution >= 0.6 is 66.1 Å². The molecule has 2 rings (SSSR count). The summed E-state index contributed by atoms with van der Waals surface area (Å²) >= 11 is 15.1. The van der Waals surface area contributed by atoms with Crippen LogP contribution in [0.15, 0.2) is 45.3 Å². The van der Waals surface area contributed by atoms with Crippen LogP contribution in [-0.4, -0.2) is 5.11 Å². The van der Waals surface area contributed by atoms with Gasteiger partial charge in [-0.25, -0.2) is 0 Å². The molecule has 0 aliphatic rings. The summed E-state index contributed by atoms with van der Waals surface area (Å²) in [6.45, 7) is 0. The Balaban J connectivity index is 2.44. The molecule has 2 aromatic rings. The summed E-state index contributed by atoms with van der Waals surface area (Å²) in [5.74, 6) is 0. The largest absolute Gasteiger partial charge is 0.384 e. The molecule has 1 unspecified atom stereocenters. The fraction of sp³-hybridized carbons (Fsp3) is 0.0769. The van der Waals surface area contributed by atoms with Crippen molar-refractivity contribution in [1.82, 2.24) is 0 Å². The van der Waals surface area contributed by atoms with Gasteiger partial charge in [-0.3, -0.25) is 0 Å². The predicted octanol–water partition coefficient (Wildman–Crippen LogP) is 5.55. The Kier molecular flexibility index (Phi) is 5.11. The second-order valence-corrected chi connectivity index (χ2v) is 7.08. The summed E-state index contributed by atoms with van der Waals surface area (Å²) in [5.41, 5.74) is 1.58. The molecule has 0 bridgehead atoms. The molecule has 1 atom stereocenters. The molecule has 0 aliphatic carbocycles. The van der Waals surface area contributed by atoms with Crippen LogP contribution in [0.25, 0.3) is 0 Å². The second-order valence-electron chi connectivity index (χ2n) is 3.74. The molecule has 0 aliphatic heterocycles. The Morgan fingerprint density at radius 3 is 2.50 bits per heavy atom. The van der Waals surface area contributed by atoms with Crippen molar-refractivity contribution in [2.75, 3.05) is 0 Å². The number of benzene rings is 2. The summed E-state index contributed by atoms with van der Waals surface area (Å²) in [4.78, 5) is 0. The zero-order valence-electron chi connectivity index (χ0n) is 9.00. The lowest BCUT2D eigenvalue weighted by Gasteiger charge is -2.14. The predicted molar refractivity (Wildman–Crippen MR) is 90.1 cm³/mol. The fourth-order valence-electron chi connectivity index (χ4n) is 1.59. The molecule has 0 aromatic heterocycles. The third kappa shape index (κ3) is 3.28. The molecule has 0 fully saturated rings. The number of aliphatic hydroxyl groups is 1. The number of rotatable bonds is 2. The van der Waals surface area contributed by atoms with Gasteiger partial charge in [-0.05, 0) is 58.5 Å². The molecule has 5 heteroatoms. The van der Waals surface area contributed by atoms with Crippen molar-refractivity contribution in [3.05, 3.63) is 65.1 Å². The third-order valence-corrected chi connectivity index (χ3v) is 5.30. The van der Waals surface area contributed by atoms with Crippen molar-refractivity contribution in [2.45, 2.75) is 6.10 Å². The lowest BCUT2D eigenvalue weighted by molar-refractivity contribution is 0.219. The van der Waals surface area contributed by atoms with Crippen LogP contribution in [-0.2, 0) is 0 Å². The SMILES string of the molecule is OC(c1ccc(I)c(Cl)c1)c1cc(Br)ccc1Br. The molecule has 0 heterocycles. The highest BCUT2D eigenvalue weighted by Crippen LogP contribution is 2.32. The zero-order chi connectivity index (χ0) is 13.3. The Labute approximate surface area is 141 Å². The van der Waals surface area contributed by atoms with Crippen LogP contribution < -0.4 is 0 Å². The number of halogens is 4. The van der Waals surface area contributed by atoms with Crippen molar-refractivity contribution >= 4 is 66.1 Å². The monoisotopic (exact) mass is 500 g/mol. The van der Waals surface area contributed by atoms with E-state index < -0.39 is 6.10 Å². The normalized spacial score (nSPS) is 12.5. The Morgan fingerprint density at radius 2 is 1.83 bits per heavy atom. The minimum atomic E-state index is -0.702. The average Bonchev–Trinajstić information content (AvgIpc) is 2.35. The molecule has 1 N–H and O–H groups in total. The van der Waals surface area contributed by atoms with Crippen molar-refractivity contribution in [1.29, 1.82) is 0 Å². The summed E-state index contributed by atoms with van der Waals surface area (Å²) in [7, 11) is 0. The van der Waals surface area contributed by atoms with E-state index in [0.29, 0.717) is 5.02 Å². The maximum atomic E-state index is 10.4. The van der Waals surface area contributed by atoms with Crippen LogP contribution in [0.2, 0.25) is 5.02 Å². The van der Waals surface area contributed by atoms with Gasteiger partial charge < -0.3 is 5.11 Å². The topological polar surface area (TPSA) is 20.2 Å². The van der Waals surface area contributed by atoms with Gasteiger partial charge >= 0.3 is 0 Å². The van der Waals surface area contributed by atoms with Gasteiger partial charge in [0.05, 0.1) is 5.02 Å². The highest BCUT2D eigenvalue weighted by Gasteiger charge is 2.15. The Morgan fingerprint density at radius 1 is 1.11 bits per heavy atom. The molecule has 0 spiro atoms. The number of aliphatic hydroxyl groups excluding tert-OH is 1. The quantitative estimate of drug-likeness (QED) is 0.534. The Bertz CT molecular complexity index is 589. The highest BCUT2D eigenvalue weighted by molar-refractivity contribution is 14.1. The van der Waals surface area contributed by atoms with Gasteiger partial charge in [-0.2, -0.15) is 0 Å². The van der Waals surface area contributed by atoms with E-state index in [1.54, 1.807) is 6.07 Å². The van der Waals surface area contributed by atoms with E-state index in [4.69, 9.17) is 11.6 Å². The molecule has 18 heavy (non-hydrogen) atoms. The molecular formula is C13H8Br2ClIO. The second kappa shape index (κ2) is 6.22. The standard InChI is InChI=1S/C13H8Br2ClIO/c14-8-2-3-10(15)9(6-8)13(18)7-1-4-12(17)11(16)5-7/h1-6,13,18H. The molecule has 0 amide bonds. The van der Waals surface area contributed by atoms with E-state index >= 15 is 0 Å². The van der Waals surface area contributed by atoms with Gasteiger partial charge in [0.15, 0.2) is 0 Å². The van der Waals surface area contributed by atoms with E-state index in [0.717, 1.165) is 23.6 Å². The van der Waals surface area contributed by atoms with Crippen LogP contribution in [0.3, 0.4) is 0 Å². The molecular weight excluding hydrogens is 494 g/mol. The number of hydrogen-bond donors (Lipinski definition) is 1. The first-order valence-corrected chi connectivity index (χ1v) is 8.11. The first-order chi connectivity index (χ1) is 8.49. The summed E-state index contributed by atoms with van der Waals surface area (Å²) in [6.07, 6.45) is -0.702. The van der Waals surface area contributed by atoms with Crippen LogP contribution in [0.1, 0.15) is 17.2 Å². The maximum absolute atomic E-state index is 10.4. The van der Waals surface area contributed by atoms with Gasteiger partial charge in [0.25, 0.3) is 0 Å². The van der Waals surface area contributed by atoms with E-state index in [1.807, 2.05) is 30.3 Å². The van der Waals surface area contributed by atoms with Crippen molar-refractivity contribution in [2.24, 2.45) is 0 Å². The van der Waals surface area contributed by atoms with Gasteiger partial charge in [0, 0.05) is 18.1 Å². The minimum absolute atomic E-state index is 0.651. The first kappa shape index (κ1) is 14.8. The van der Waals surface area contributed by atoms with Crippen molar-refractivity contribution in [3.8, 4) is 0 Å². The highest BCUT2D eigenvalue weighted by atomic mass is 127. The van der Waals surface area contributed by atoms with Crippen LogP contribution in [0.4, 0.5) is 0 Å². The van der Waals surface area contributed by atoms with Gasteiger partial charge in [-0.15, -0.1) is 0 Å². The summed E-state index contributed by atoms with van der Waals surface area (Å²) < 4.78 is 2.77. The van der Waals surface area contributed by atoms with Crippen LogP contribution in [0, 0.1) is 3.57 Å². The third-order valence-electron chi connectivity index (χ3n) is 2.51. The molecule has 0 saturated carbocycles. The smallest absolute Gasteiger partial charge is 0.105 e. The van der Waals surface area contributed by atoms with Crippen molar-refractivity contribution in [3.63, 3.8) is 0 Å². The van der Waals surface area contributed by atoms with Gasteiger partial charge in [-0.1, -0.05) is 49.5 Å². The molecule has 0 saturated heterocycles. The lowest BCUT2D eigenvalue weighted by Crippen LogP contribution is -2.01. The molecule has 2 aromatic carbocycles. The van der Waals surface area contributed by atoms with E-state index in [-0.39, 0.29) is 0 Å². The lowest BCUT2D eigenvalue weighted by atomic mass is 10.0. The van der Waals surface area contributed by atoms with Crippen LogP contribution in [0.5, 0.6) is 0 Å². The van der Waals surface area contributed by atoms with Gasteiger partial charge in [0.2, 0.25) is 0 Å². The maximum Gasteiger partial charge on any atom is 0.105 e. The molecule has 94 valence electrons. The minimum Gasteiger partial charge on any atom is -0.384 e. The van der Waals surface area contributed by atoms with Crippen molar-refractivity contribution < 1.29 is 5.11 Å².